The predicted molar refractivity (Wildman–Crippen MR) is 166 cm³/mol. The van der Waals surface area contributed by atoms with Gasteiger partial charge in [-0.25, -0.2) is 4.98 Å². The molecule has 10 heteroatoms. The minimum atomic E-state index is -0.0761. The molecule has 1 atom stereocenters. The highest BCUT2D eigenvalue weighted by Crippen LogP contribution is 2.31. The molecule has 216 valence electrons. The van der Waals surface area contributed by atoms with Gasteiger partial charge in [-0.2, -0.15) is 5.10 Å². The van der Waals surface area contributed by atoms with Gasteiger partial charge in [0.25, 0.3) is 0 Å². The Balaban J connectivity index is 1.34. The molecule has 0 saturated carbocycles. The molecule has 0 unspecified atom stereocenters. The fourth-order valence-electron chi connectivity index (χ4n) is 5.64. The maximum Gasteiger partial charge on any atom is 0.225 e. The van der Waals surface area contributed by atoms with Crippen molar-refractivity contribution < 1.29 is 4.79 Å². The number of carbonyl (C=O) groups excluding carboxylic acids is 1. The highest BCUT2D eigenvalue weighted by atomic mass is 35.5. The Morgan fingerprint density at radius 1 is 1.05 bits per heavy atom. The van der Waals surface area contributed by atoms with E-state index in [9.17, 15) is 4.79 Å². The number of carbonyl (C=O) groups is 1. The number of H-pyrrole nitrogens is 1. The molecule has 3 aromatic rings. The molecule has 41 heavy (non-hydrogen) atoms. The van der Waals surface area contributed by atoms with Crippen molar-refractivity contribution in [2.45, 2.75) is 32.6 Å². The molecule has 1 N–H and O–H groups in total. The zero-order valence-electron chi connectivity index (χ0n) is 23.9. The Kier molecular flexibility index (Phi) is 9.42. The van der Waals surface area contributed by atoms with E-state index >= 15 is 0 Å². The van der Waals surface area contributed by atoms with Crippen LogP contribution in [0.2, 0.25) is 10.0 Å². The second kappa shape index (κ2) is 13.2. The summed E-state index contributed by atoms with van der Waals surface area (Å²) < 4.78 is 0. The van der Waals surface area contributed by atoms with Gasteiger partial charge >= 0.3 is 0 Å². The average Bonchev–Trinajstić information content (AvgIpc) is 3.38. The van der Waals surface area contributed by atoms with Crippen LogP contribution in [0, 0.1) is 5.92 Å². The number of rotatable bonds is 6. The van der Waals surface area contributed by atoms with E-state index in [0.717, 1.165) is 85.3 Å². The second-order valence-electron chi connectivity index (χ2n) is 10.9. The molecule has 0 bridgehead atoms. The van der Waals surface area contributed by atoms with Crippen LogP contribution in [0.4, 0.5) is 5.82 Å². The number of allylic oxidation sites excluding steroid dienone is 2. The van der Waals surface area contributed by atoms with Crippen molar-refractivity contribution in [2.75, 3.05) is 51.2 Å². The van der Waals surface area contributed by atoms with E-state index in [1.807, 2.05) is 42.3 Å². The van der Waals surface area contributed by atoms with Gasteiger partial charge in [0.15, 0.2) is 0 Å². The summed E-state index contributed by atoms with van der Waals surface area (Å²) in [6.45, 7) is 9.05. The molecule has 2 aliphatic rings. The van der Waals surface area contributed by atoms with Gasteiger partial charge in [-0.1, -0.05) is 48.4 Å². The first-order valence-corrected chi connectivity index (χ1v) is 15.0. The number of nitrogens with one attached hydrogen (secondary N) is 1. The molecule has 2 saturated heterocycles. The van der Waals surface area contributed by atoms with Crippen molar-refractivity contribution >= 4 is 47.1 Å². The number of piperazine rings is 1. The van der Waals surface area contributed by atoms with Crippen LogP contribution in [-0.4, -0.2) is 82.2 Å². The van der Waals surface area contributed by atoms with Gasteiger partial charge < -0.3 is 14.7 Å². The van der Waals surface area contributed by atoms with Crippen molar-refractivity contribution in [3.63, 3.8) is 0 Å². The summed E-state index contributed by atoms with van der Waals surface area (Å²) in [4.78, 5) is 28.5. The Labute approximate surface area is 251 Å². The summed E-state index contributed by atoms with van der Waals surface area (Å²) >= 11 is 12.9. The number of hydrogen-bond acceptors (Lipinski definition) is 6. The highest BCUT2D eigenvalue weighted by molar-refractivity contribution is 6.36. The van der Waals surface area contributed by atoms with E-state index in [1.54, 1.807) is 12.4 Å². The number of pyridine rings is 2. The second-order valence-corrected chi connectivity index (χ2v) is 11.7. The SMILES string of the molecule is C/C=C/C=c1/[nH]nc(-c2ccc(N3CCN(C(=O)C4CCN(C)CC4)CC3)nc2)/c1=C/[C@H](C)c1c(Cl)cncc1Cl. The molecular formula is C31H37Cl2N7O. The van der Waals surface area contributed by atoms with Crippen LogP contribution in [-0.2, 0) is 4.79 Å². The minimum Gasteiger partial charge on any atom is -0.353 e. The summed E-state index contributed by atoms with van der Waals surface area (Å²) in [5.41, 5.74) is 2.54. The van der Waals surface area contributed by atoms with E-state index in [2.05, 4.69) is 51.1 Å². The van der Waals surface area contributed by atoms with E-state index in [1.165, 1.54) is 0 Å². The number of piperidine rings is 1. The van der Waals surface area contributed by atoms with Crippen molar-refractivity contribution in [3.05, 3.63) is 69.1 Å². The summed E-state index contributed by atoms with van der Waals surface area (Å²) in [5, 5.41) is 10.7. The van der Waals surface area contributed by atoms with Gasteiger partial charge in [0.05, 0.1) is 15.4 Å². The van der Waals surface area contributed by atoms with Gasteiger partial charge in [0.2, 0.25) is 5.91 Å². The van der Waals surface area contributed by atoms with E-state index in [0.29, 0.717) is 16.0 Å². The molecule has 2 fully saturated rings. The maximum absolute atomic E-state index is 13.0. The molecule has 0 aliphatic carbocycles. The number of halogens is 2. The lowest BCUT2D eigenvalue weighted by Gasteiger charge is -2.38. The monoisotopic (exact) mass is 593 g/mol. The molecule has 3 aromatic heterocycles. The smallest absolute Gasteiger partial charge is 0.225 e. The molecule has 0 aromatic carbocycles. The van der Waals surface area contributed by atoms with Crippen molar-refractivity contribution in [1.29, 1.82) is 0 Å². The molecule has 1 amide bonds. The van der Waals surface area contributed by atoms with Gasteiger partial charge in [0, 0.05) is 67.4 Å². The first-order valence-electron chi connectivity index (χ1n) is 14.2. The first kappa shape index (κ1) is 29.3. The number of hydrogen-bond donors (Lipinski definition) is 1. The first-order chi connectivity index (χ1) is 19.9. The average molecular weight is 595 g/mol. The quantitative estimate of drug-likeness (QED) is 0.463. The summed E-state index contributed by atoms with van der Waals surface area (Å²) in [7, 11) is 2.12. The standard InChI is InChI=1S/C31H37Cl2N7O/c1-4-5-6-27-24(17-21(2)29-25(32)19-34-20-26(29)33)30(37-36-27)23-7-8-28(35-18-23)39-13-15-40(16-14-39)31(41)22-9-11-38(3)12-10-22/h4-8,17-22,36H,9-16H2,1-3H3/b5-4+,24-17+,27-6+/t21-/m0/s1. The summed E-state index contributed by atoms with van der Waals surface area (Å²) in [5.74, 6) is 1.31. The highest BCUT2D eigenvalue weighted by Gasteiger charge is 2.30. The van der Waals surface area contributed by atoms with Gasteiger partial charge in [-0.15, -0.1) is 0 Å². The lowest BCUT2D eigenvalue weighted by atomic mass is 9.95. The van der Waals surface area contributed by atoms with Gasteiger partial charge in [-0.05, 0) is 63.7 Å². The Morgan fingerprint density at radius 2 is 1.76 bits per heavy atom. The fourth-order valence-corrected chi connectivity index (χ4v) is 6.35. The zero-order valence-corrected chi connectivity index (χ0v) is 25.4. The molecular weight excluding hydrogens is 557 g/mol. The van der Waals surface area contributed by atoms with Crippen molar-refractivity contribution in [2.24, 2.45) is 5.92 Å². The fraction of sp³-hybridized carbons (Fsp3) is 0.419. The van der Waals surface area contributed by atoms with Crippen molar-refractivity contribution in [1.82, 2.24) is 30.0 Å². The lowest BCUT2D eigenvalue weighted by molar-refractivity contribution is -0.137. The van der Waals surface area contributed by atoms with Crippen LogP contribution >= 0.6 is 23.2 Å². The molecule has 2 aliphatic heterocycles. The number of anilines is 1. The third-order valence-corrected chi connectivity index (χ3v) is 8.66. The van der Waals surface area contributed by atoms with Crippen LogP contribution in [0.15, 0.2) is 42.9 Å². The van der Waals surface area contributed by atoms with E-state index in [-0.39, 0.29) is 11.8 Å². The molecule has 0 radical (unpaired) electrons. The zero-order chi connectivity index (χ0) is 28.9. The number of likely N-dealkylation sites (tertiary alicyclic amines) is 1. The number of aromatic nitrogens is 4. The Morgan fingerprint density at radius 3 is 2.39 bits per heavy atom. The number of aromatic amines is 1. The van der Waals surface area contributed by atoms with Crippen LogP contribution in [0.25, 0.3) is 23.4 Å². The molecule has 5 heterocycles. The predicted octanol–water partition coefficient (Wildman–Crippen LogP) is 4.10. The molecule has 5 rings (SSSR count). The maximum atomic E-state index is 13.0. The van der Waals surface area contributed by atoms with E-state index < -0.39 is 0 Å². The number of amides is 1. The summed E-state index contributed by atoms with van der Waals surface area (Å²) in [6.07, 6.45) is 15.1. The van der Waals surface area contributed by atoms with Gasteiger partial charge in [-0.3, -0.25) is 14.9 Å². The van der Waals surface area contributed by atoms with E-state index in [4.69, 9.17) is 28.2 Å². The third kappa shape index (κ3) is 6.66. The van der Waals surface area contributed by atoms with Crippen LogP contribution < -0.4 is 15.5 Å². The molecule has 0 spiro atoms. The summed E-state index contributed by atoms with van der Waals surface area (Å²) in [6, 6.07) is 4.10. The van der Waals surface area contributed by atoms with Gasteiger partial charge in [0.1, 0.15) is 11.5 Å². The normalized spacial score (nSPS) is 19.0. The Bertz CT molecular complexity index is 1480. The largest absolute Gasteiger partial charge is 0.353 e. The number of nitrogens with zero attached hydrogens (tertiary/aromatic N) is 6. The van der Waals surface area contributed by atoms with Crippen LogP contribution in [0.5, 0.6) is 0 Å². The van der Waals surface area contributed by atoms with Crippen molar-refractivity contribution in [3.8, 4) is 11.3 Å². The topological polar surface area (TPSA) is 81.3 Å². The lowest BCUT2D eigenvalue weighted by Crippen LogP contribution is -2.51. The minimum absolute atomic E-state index is 0.0761. The van der Waals surface area contributed by atoms with Crippen LogP contribution in [0.1, 0.15) is 38.2 Å². The molecule has 8 nitrogen and oxygen atoms in total. The van der Waals surface area contributed by atoms with Crippen LogP contribution in [0.3, 0.4) is 0 Å². The Hall–Kier alpha value is -3.20. The third-order valence-electron chi connectivity index (χ3n) is 8.06.